The highest BCUT2D eigenvalue weighted by molar-refractivity contribution is 6.33. The Morgan fingerprint density at radius 3 is 2.77 bits per heavy atom. The number of anilines is 1. The van der Waals surface area contributed by atoms with Gasteiger partial charge in [-0.1, -0.05) is 18.5 Å². The van der Waals surface area contributed by atoms with E-state index in [4.69, 9.17) is 11.6 Å². The number of hydrogen-bond donors (Lipinski definition) is 2. The van der Waals surface area contributed by atoms with Crippen molar-refractivity contribution in [3.05, 3.63) is 16.9 Å². The Labute approximate surface area is 135 Å². The summed E-state index contributed by atoms with van der Waals surface area (Å²) in [5, 5.41) is 12.4. The van der Waals surface area contributed by atoms with Crippen molar-refractivity contribution in [2.24, 2.45) is 5.92 Å². The number of nitrogens with zero attached hydrogens (tertiary/aromatic N) is 3. The van der Waals surface area contributed by atoms with Gasteiger partial charge in [-0.15, -0.1) is 0 Å². The quantitative estimate of drug-likeness (QED) is 0.834. The fraction of sp³-hybridized carbons (Fsp3) is 0.667. The normalized spacial score (nSPS) is 17.4. The highest BCUT2D eigenvalue weighted by atomic mass is 35.5. The van der Waals surface area contributed by atoms with Gasteiger partial charge in [-0.3, -0.25) is 4.79 Å². The predicted octanol–water partition coefficient (Wildman–Crippen LogP) is 1.87. The average molecular weight is 327 g/mol. The minimum atomic E-state index is -0.378. The Hall–Kier alpha value is -1.40. The van der Waals surface area contributed by atoms with Crippen molar-refractivity contribution in [3.63, 3.8) is 0 Å². The third-order valence-electron chi connectivity index (χ3n) is 3.69. The molecule has 0 aromatic carbocycles. The number of aliphatic hydroxyl groups excluding tert-OH is 1. The first-order valence-corrected chi connectivity index (χ1v) is 8.09. The van der Waals surface area contributed by atoms with E-state index in [2.05, 4.69) is 20.2 Å². The number of nitrogens with one attached hydrogen (secondary N) is 1. The van der Waals surface area contributed by atoms with Crippen molar-refractivity contribution in [1.29, 1.82) is 0 Å². The largest absolute Gasteiger partial charge is 0.393 e. The van der Waals surface area contributed by atoms with Crippen molar-refractivity contribution in [1.82, 2.24) is 15.3 Å². The van der Waals surface area contributed by atoms with E-state index in [-0.39, 0.29) is 28.6 Å². The van der Waals surface area contributed by atoms with Crippen molar-refractivity contribution >= 4 is 23.5 Å². The Morgan fingerprint density at radius 1 is 1.45 bits per heavy atom. The Bertz CT molecular complexity index is 518. The molecular weight excluding hydrogens is 304 g/mol. The molecule has 1 aromatic heterocycles. The van der Waals surface area contributed by atoms with Crippen LogP contribution in [0.5, 0.6) is 0 Å². The molecule has 1 amide bonds. The van der Waals surface area contributed by atoms with Crippen LogP contribution in [-0.2, 0) is 0 Å². The monoisotopic (exact) mass is 326 g/mol. The minimum absolute atomic E-state index is 0.183. The molecule has 122 valence electrons. The van der Waals surface area contributed by atoms with Gasteiger partial charge in [-0.2, -0.15) is 0 Å². The van der Waals surface area contributed by atoms with Gasteiger partial charge in [0.15, 0.2) is 5.69 Å². The van der Waals surface area contributed by atoms with E-state index in [1.54, 1.807) is 6.92 Å². The molecule has 1 saturated heterocycles. The molecule has 6 nitrogen and oxygen atoms in total. The summed E-state index contributed by atoms with van der Waals surface area (Å²) in [5.74, 6) is 0.442. The summed E-state index contributed by atoms with van der Waals surface area (Å²) >= 11 is 6.05. The molecule has 1 aliphatic rings. The van der Waals surface area contributed by atoms with E-state index in [9.17, 15) is 9.90 Å². The molecule has 2 unspecified atom stereocenters. The summed E-state index contributed by atoms with van der Waals surface area (Å²) in [4.78, 5) is 22.8. The first kappa shape index (κ1) is 17.0. The van der Waals surface area contributed by atoms with E-state index in [0.29, 0.717) is 18.9 Å². The van der Waals surface area contributed by atoms with E-state index >= 15 is 0 Å². The summed E-state index contributed by atoms with van der Waals surface area (Å²) in [6.07, 6.45) is 3.97. The van der Waals surface area contributed by atoms with Crippen LogP contribution in [-0.4, -0.2) is 46.7 Å². The van der Waals surface area contributed by atoms with Crippen LogP contribution < -0.4 is 10.2 Å². The Kier molecular flexibility index (Phi) is 5.97. The summed E-state index contributed by atoms with van der Waals surface area (Å²) in [7, 11) is 0. The molecule has 0 aliphatic carbocycles. The molecule has 7 heteroatoms. The molecule has 1 aliphatic heterocycles. The number of hydrogen-bond acceptors (Lipinski definition) is 5. The third kappa shape index (κ3) is 4.55. The van der Waals surface area contributed by atoms with Crippen LogP contribution >= 0.6 is 11.6 Å². The molecule has 2 N–H and O–H groups in total. The van der Waals surface area contributed by atoms with Gasteiger partial charge in [0, 0.05) is 19.6 Å². The highest BCUT2D eigenvalue weighted by Gasteiger charge is 2.20. The minimum Gasteiger partial charge on any atom is -0.393 e. The van der Waals surface area contributed by atoms with Crippen molar-refractivity contribution in [2.75, 3.05) is 24.5 Å². The fourth-order valence-electron chi connectivity index (χ4n) is 2.60. The van der Waals surface area contributed by atoms with Gasteiger partial charge in [0.1, 0.15) is 0 Å². The lowest BCUT2D eigenvalue weighted by molar-refractivity contribution is 0.0934. The zero-order valence-corrected chi connectivity index (χ0v) is 13.8. The number of aliphatic hydroxyl groups is 1. The van der Waals surface area contributed by atoms with E-state index in [1.165, 1.54) is 6.20 Å². The van der Waals surface area contributed by atoms with Gasteiger partial charge in [0.25, 0.3) is 5.91 Å². The molecule has 2 heterocycles. The third-order valence-corrected chi connectivity index (χ3v) is 3.97. The van der Waals surface area contributed by atoms with Crippen LogP contribution in [0.2, 0.25) is 5.02 Å². The maximum Gasteiger partial charge on any atom is 0.271 e. The summed E-state index contributed by atoms with van der Waals surface area (Å²) in [5.41, 5.74) is 0.211. The maximum absolute atomic E-state index is 12.3. The first-order valence-electron chi connectivity index (χ1n) is 7.71. The van der Waals surface area contributed by atoms with Crippen molar-refractivity contribution < 1.29 is 9.90 Å². The smallest absolute Gasteiger partial charge is 0.271 e. The van der Waals surface area contributed by atoms with Crippen LogP contribution in [0, 0.1) is 5.92 Å². The Morgan fingerprint density at radius 2 is 2.14 bits per heavy atom. The molecule has 0 spiro atoms. The van der Waals surface area contributed by atoms with Crippen molar-refractivity contribution in [2.45, 2.75) is 39.2 Å². The molecule has 1 fully saturated rings. The molecule has 1 aromatic rings. The second-order valence-electron chi connectivity index (χ2n) is 5.96. The zero-order chi connectivity index (χ0) is 16.1. The van der Waals surface area contributed by atoms with E-state index in [1.807, 2.05) is 6.92 Å². The van der Waals surface area contributed by atoms with Crippen LogP contribution in [0.15, 0.2) is 6.20 Å². The standard InChI is InChI=1S/C15H23ClN4O2/c1-10(7-11(2)21)8-17-14(22)13-12(16)9-18-15(19-13)20-5-3-4-6-20/h9-11,21H,3-8H2,1-2H3,(H,17,22). The second-order valence-corrected chi connectivity index (χ2v) is 6.37. The van der Waals surface area contributed by atoms with Crippen LogP contribution in [0.3, 0.4) is 0 Å². The number of carbonyl (C=O) groups excluding carboxylic acids is 1. The molecule has 0 saturated carbocycles. The van der Waals surface area contributed by atoms with Crippen LogP contribution in [0.4, 0.5) is 5.95 Å². The molecule has 2 rings (SSSR count). The topological polar surface area (TPSA) is 78.3 Å². The molecule has 22 heavy (non-hydrogen) atoms. The van der Waals surface area contributed by atoms with Gasteiger partial charge in [0.05, 0.1) is 17.3 Å². The SMILES string of the molecule is CC(O)CC(C)CNC(=O)c1nc(N2CCCC2)ncc1Cl. The molecule has 0 bridgehead atoms. The lowest BCUT2D eigenvalue weighted by atomic mass is 10.0. The number of carbonyl (C=O) groups is 1. The second kappa shape index (κ2) is 7.74. The lowest BCUT2D eigenvalue weighted by Gasteiger charge is -2.17. The number of amides is 1. The maximum atomic E-state index is 12.3. The summed E-state index contributed by atoms with van der Waals surface area (Å²) < 4.78 is 0. The number of halogens is 1. The summed E-state index contributed by atoms with van der Waals surface area (Å²) in [6, 6.07) is 0. The van der Waals surface area contributed by atoms with Gasteiger partial charge in [-0.05, 0) is 32.1 Å². The van der Waals surface area contributed by atoms with Crippen LogP contribution in [0.25, 0.3) is 0 Å². The number of aromatic nitrogens is 2. The zero-order valence-electron chi connectivity index (χ0n) is 13.0. The number of rotatable bonds is 6. The molecule has 2 atom stereocenters. The molecule has 0 radical (unpaired) electrons. The first-order chi connectivity index (χ1) is 10.5. The van der Waals surface area contributed by atoms with Gasteiger partial charge >= 0.3 is 0 Å². The Balaban J connectivity index is 2.00. The summed E-state index contributed by atoms with van der Waals surface area (Å²) in [6.45, 7) is 6.01. The van der Waals surface area contributed by atoms with E-state index in [0.717, 1.165) is 25.9 Å². The van der Waals surface area contributed by atoms with Gasteiger partial charge < -0.3 is 15.3 Å². The predicted molar refractivity (Wildman–Crippen MR) is 86.3 cm³/mol. The molecular formula is C15H23ClN4O2. The fourth-order valence-corrected chi connectivity index (χ4v) is 2.78. The lowest BCUT2D eigenvalue weighted by Crippen LogP contribution is -2.31. The van der Waals surface area contributed by atoms with Crippen LogP contribution in [0.1, 0.15) is 43.6 Å². The highest BCUT2D eigenvalue weighted by Crippen LogP contribution is 2.19. The van der Waals surface area contributed by atoms with Crippen molar-refractivity contribution in [3.8, 4) is 0 Å². The van der Waals surface area contributed by atoms with Gasteiger partial charge in [-0.25, -0.2) is 9.97 Å². The average Bonchev–Trinajstić information content (AvgIpc) is 2.98. The van der Waals surface area contributed by atoms with E-state index < -0.39 is 0 Å². The van der Waals surface area contributed by atoms with Gasteiger partial charge in [0.2, 0.25) is 5.95 Å².